The molecule has 2 aliphatic rings. The van der Waals surface area contributed by atoms with Crippen molar-refractivity contribution in [1.82, 2.24) is 19.9 Å². The maximum absolute atomic E-state index is 5.56. The van der Waals surface area contributed by atoms with E-state index in [0.717, 1.165) is 78.6 Å². The molecular weight excluding hydrogens is 496 g/mol. The summed E-state index contributed by atoms with van der Waals surface area (Å²) in [6.45, 7) is 0. The second-order valence-electron chi connectivity index (χ2n) is 9.67. The molecule has 7 rings (SSSR count). The van der Waals surface area contributed by atoms with Crippen LogP contribution in [0.2, 0.25) is 0 Å². The van der Waals surface area contributed by atoms with E-state index in [1.54, 1.807) is 14.2 Å². The topological polar surface area (TPSA) is 75.8 Å². The number of aromatic amines is 2. The van der Waals surface area contributed by atoms with E-state index in [1.807, 2.05) is 48.6 Å². The average molecular weight is 523 g/mol. The van der Waals surface area contributed by atoms with Crippen LogP contribution in [0.5, 0.6) is 11.5 Å². The summed E-state index contributed by atoms with van der Waals surface area (Å²) in [5, 5.41) is 0. The maximum Gasteiger partial charge on any atom is 0.119 e. The summed E-state index contributed by atoms with van der Waals surface area (Å²) in [6, 6.07) is 28.6. The van der Waals surface area contributed by atoms with Gasteiger partial charge in [0.05, 0.1) is 37.0 Å². The van der Waals surface area contributed by atoms with Crippen molar-refractivity contribution in [1.29, 1.82) is 0 Å². The van der Waals surface area contributed by atoms with Gasteiger partial charge in [0.1, 0.15) is 11.5 Å². The number of benzene rings is 2. The molecule has 0 saturated heterocycles. The summed E-state index contributed by atoms with van der Waals surface area (Å²) in [7, 11) is 3.36. The lowest BCUT2D eigenvalue weighted by atomic mass is 10.0. The Kier molecular flexibility index (Phi) is 5.78. The summed E-state index contributed by atoms with van der Waals surface area (Å²) in [5.41, 5.74) is 11.3. The van der Waals surface area contributed by atoms with Gasteiger partial charge in [0, 0.05) is 33.2 Å². The van der Waals surface area contributed by atoms with E-state index < -0.39 is 0 Å². The van der Waals surface area contributed by atoms with Crippen LogP contribution >= 0.6 is 0 Å². The van der Waals surface area contributed by atoms with Gasteiger partial charge in [-0.05, 0) is 96.1 Å². The Morgan fingerprint density at radius 3 is 1.50 bits per heavy atom. The highest BCUT2D eigenvalue weighted by Crippen LogP contribution is 2.36. The van der Waals surface area contributed by atoms with Crippen molar-refractivity contribution in [2.45, 2.75) is 0 Å². The summed E-state index contributed by atoms with van der Waals surface area (Å²) in [6.07, 6.45) is 8.21. The van der Waals surface area contributed by atoms with Gasteiger partial charge in [-0.2, -0.15) is 0 Å². The van der Waals surface area contributed by atoms with E-state index in [9.17, 15) is 0 Å². The summed E-state index contributed by atoms with van der Waals surface area (Å²) >= 11 is 0. The second kappa shape index (κ2) is 9.75. The molecule has 0 amide bonds. The fourth-order valence-corrected chi connectivity index (χ4v) is 5.24. The van der Waals surface area contributed by atoms with E-state index in [2.05, 4.69) is 70.7 Å². The largest absolute Gasteiger partial charge is 0.497 e. The van der Waals surface area contributed by atoms with E-state index in [-0.39, 0.29) is 0 Å². The number of ether oxygens (including phenoxy) is 2. The molecule has 8 bridgehead atoms. The number of methoxy groups -OCH3 is 2. The molecule has 0 spiro atoms. The number of nitrogens with zero attached hydrogens (tertiary/aromatic N) is 2. The van der Waals surface area contributed by atoms with Crippen molar-refractivity contribution >= 4 is 46.4 Å². The second-order valence-corrected chi connectivity index (χ2v) is 9.67. The minimum Gasteiger partial charge on any atom is -0.497 e. The first-order valence-electron chi connectivity index (χ1n) is 13.1. The van der Waals surface area contributed by atoms with Gasteiger partial charge in [-0.15, -0.1) is 0 Å². The molecule has 2 aromatic carbocycles. The first-order chi connectivity index (χ1) is 19.7. The number of nitrogens with one attached hydrogen (secondary N) is 2. The number of fused-ring (bicyclic) bond motifs is 8. The third-order valence-corrected chi connectivity index (χ3v) is 7.11. The number of hydrogen-bond donors (Lipinski definition) is 2. The van der Waals surface area contributed by atoms with E-state index in [1.165, 1.54) is 0 Å². The van der Waals surface area contributed by atoms with E-state index >= 15 is 0 Å². The molecule has 6 heteroatoms. The lowest BCUT2D eigenvalue weighted by molar-refractivity contribution is 0.415. The third kappa shape index (κ3) is 4.35. The predicted octanol–water partition coefficient (Wildman–Crippen LogP) is 8.01. The molecule has 2 aliphatic heterocycles. The quantitative estimate of drug-likeness (QED) is 0.246. The third-order valence-electron chi connectivity index (χ3n) is 7.11. The van der Waals surface area contributed by atoms with Crippen molar-refractivity contribution < 1.29 is 9.47 Å². The van der Waals surface area contributed by atoms with Gasteiger partial charge in [-0.1, -0.05) is 24.3 Å². The molecule has 6 nitrogen and oxygen atoms in total. The van der Waals surface area contributed by atoms with E-state index in [4.69, 9.17) is 19.4 Å². The molecule has 0 aliphatic carbocycles. The Bertz CT molecular complexity index is 1860. The smallest absolute Gasteiger partial charge is 0.119 e. The summed E-state index contributed by atoms with van der Waals surface area (Å²) < 4.78 is 11.1. The van der Waals surface area contributed by atoms with Gasteiger partial charge < -0.3 is 19.4 Å². The van der Waals surface area contributed by atoms with Crippen LogP contribution in [-0.2, 0) is 0 Å². The van der Waals surface area contributed by atoms with Gasteiger partial charge in [0.15, 0.2) is 0 Å². The average Bonchev–Trinajstić information content (AvgIpc) is 3.80. The molecule has 2 N–H and O–H groups in total. The molecular formula is C34H26N4O2. The van der Waals surface area contributed by atoms with Gasteiger partial charge in [0.25, 0.3) is 0 Å². The van der Waals surface area contributed by atoms with Crippen LogP contribution in [0, 0.1) is 0 Å². The van der Waals surface area contributed by atoms with Crippen LogP contribution in [0.4, 0.5) is 0 Å². The first-order valence-corrected chi connectivity index (χ1v) is 13.1. The van der Waals surface area contributed by atoms with Crippen molar-refractivity contribution in [3.05, 3.63) is 108 Å². The molecule has 5 aromatic rings. The Balaban J connectivity index is 1.62. The molecule has 0 fully saturated rings. The van der Waals surface area contributed by atoms with Crippen LogP contribution in [-0.4, -0.2) is 34.2 Å². The highest BCUT2D eigenvalue weighted by atomic mass is 16.5. The molecule has 0 atom stereocenters. The SMILES string of the molecule is COc1cccc(-c2c3nc(c(-c4cccc(OC)c4)c4ccc(cc5nc(cc6ccc2[nH]6)C=C5)[nH]4)C=C3)c1. The molecule has 40 heavy (non-hydrogen) atoms. The maximum atomic E-state index is 5.56. The Hall–Kier alpha value is -5.36. The zero-order valence-electron chi connectivity index (χ0n) is 22.1. The van der Waals surface area contributed by atoms with Crippen LogP contribution in [0.25, 0.3) is 68.6 Å². The summed E-state index contributed by atoms with van der Waals surface area (Å²) in [4.78, 5) is 17.2. The zero-order valence-corrected chi connectivity index (χ0v) is 22.1. The molecule has 0 saturated carbocycles. The Morgan fingerprint density at radius 1 is 0.525 bits per heavy atom. The normalized spacial score (nSPS) is 12.1. The highest BCUT2D eigenvalue weighted by Gasteiger charge is 2.16. The standard InChI is InChI=1S/C34H26N4O2/c1-39-27-7-3-5-21(17-27)33-29-13-11-25(36-29)19-23-9-10-24(35-23)20-26-12-14-30(37-26)34(32-16-15-31(33)38-32)22-6-4-8-28(18-22)40-2/h3-20,36-37H,1-2H3. The lowest BCUT2D eigenvalue weighted by Gasteiger charge is -2.07. The number of aromatic nitrogens is 4. The first kappa shape index (κ1) is 23.7. The van der Waals surface area contributed by atoms with Crippen molar-refractivity contribution in [3.8, 4) is 33.8 Å². The Labute approximate surface area is 231 Å². The number of H-pyrrole nitrogens is 2. The Morgan fingerprint density at radius 2 is 1.02 bits per heavy atom. The van der Waals surface area contributed by atoms with Gasteiger partial charge in [-0.25, -0.2) is 9.97 Å². The predicted molar refractivity (Wildman–Crippen MR) is 163 cm³/mol. The van der Waals surface area contributed by atoms with Crippen molar-refractivity contribution in [2.75, 3.05) is 14.2 Å². The molecule has 194 valence electrons. The van der Waals surface area contributed by atoms with Gasteiger partial charge in [-0.3, -0.25) is 0 Å². The number of hydrogen-bond acceptors (Lipinski definition) is 4. The van der Waals surface area contributed by atoms with Crippen molar-refractivity contribution in [3.63, 3.8) is 0 Å². The fraction of sp³-hybridized carbons (Fsp3) is 0.0588. The number of rotatable bonds is 4. The zero-order chi connectivity index (χ0) is 27.1. The van der Waals surface area contributed by atoms with Crippen LogP contribution < -0.4 is 9.47 Å². The molecule has 0 radical (unpaired) electrons. The van der Waals surface area contributed by atoms with Crippen LogP contribution in [0.15, 0.2) is 84.9 Å². The lowest BCUT2D eigenvalue weighted by Crippen LogP contribution is -1.89. The highest BCUT2D eigenvalue weighted by molar-refractivity contribution is 5.95. The minimum absolute atomic E-state index is 0.787. The molecule has 3 aromatic heterocycles. The fourth-order valence-electron chi connectivity index (χ4n) is 5.24. The van der Waals surface area contributed by atoms with Gasteiger partial charge >= 0.3 is 0 Å². The van der Waals surface area contributed by atoms with Crippen LogP contribution in [0.3, 0.4) is 0 Å². The van der Waals surface area contributed by atoms with E-state index in [0.29, 0.717) is 0 Å². The summed E-state index contributed by atoms with van der Waals surface area (Å²) in [5.74, 6) is 1.57. The van der Waals surface area contributed by atoms with Crippen LogP contribution in [0.1, 0.15) is 22.8 Å². The molecule has 0 unspecified atom stereocenters. The molecule has 5 heterocycles. The van der Waals surface area contributed by atoms with Crippen molar-refractivity contribution in [2.24, 2.45) is 0 Å². The van der Waals surface area contributed by atoms with Gasteiger partial charge in [0.2, 0.25) is 0 Å². The minimum atomic E-state index is 0.787. The monoisotopic (exact) mass is 522 g/mol.